The predicted molar refractivity (Wildman–Crippen MR) is 87.7 cm³/mol. The van der Waals surface area contributed by atoms with Gasteiger partial charge in [0.15, 0.2) is 0 Å². The van der Waals surface area contributed by atoms with Crippen molar-refractivity contribution in [2.24, 2.45) is 5.14 Å². The van der Waals surface area contributed by atoms with Gasteiger partial charge in [-0.25, -0.2) is 22.7 Å². The van der Waals surface area contributed by atoms with Crippen molar-refractivity contribution in [2.75, 3.05) is 19.0 Å². The van der Waals surface area contributed by atoms with Crippen LogP contribution in [0.2, 0.25) is 0 Å². The van der Waals surface area contributed by atoms with E-state index in [1.54, 1.807) is 18.2 Å². The second kappa shape index (κ2) is 7.41. The number of carbonyl (C=O) groups is 1. The fourth-order valence-corrected chi connectivity index (χ4v) is 2.71. The molecule has 0 aromatic heterocycles. The van der Waals surface area contributed by atoms with Crippen LogP contribution < -0.4 is 10.5 Å². The van der Waals surface area contributed by atoms with Crippen molar-refractivity contribution in [1.82, 2.24) is 0 Å². The standard InChI is InChI=1S/C16H17FN2O4S/c1-23-16(20)13-10-12(24(18,21)22)6-7-15(13)19-9-8-11-4-2-3-5-14(11)17/h2-7,10,19H,8-9H2,1H3,(H2,18,21,22). The molecule has 0 radical (unpaired) electrons. The van der Waals surface area contributed by atoms with Crippen LogP contribution in [0.1, 0.15) is 15.9 Å². The van der Waals surface area contributed by atoms with Gasteiger partial charge < -0.3 is 10.1 Å². The number of halogens is 1. The summed E-state index contributed by atoms with van der Waals surface area (Å²) in [5, 5.41) is 8.05. The highest BCUT2D eigenvalue weighted by Gasteiger charge is 2.17. The molecular weight excluding hydrogens is 335 g/mol. The predicted octanol–water partition coefficient (Wildman–Crippen LogP) is 1.91. The fraction of sp³-hybridized carbons (Fsp3) is 0.188. The minimum absolute atomic E-state index is 0.0394. The second-order valence-corrected chi connectivity index (χ2v) is 6.57. The summed E-state index contributed by atoms with van der Waals surface area (Å²) in [6.07, 6.45) is 0.393. The average molecular weight is 352 g/mol. The Kier molecular flexibility index (Phi) is 5.53. The van der Waals surface area contributed by atoms with Crippen molar-refractivity contribution >= 4 is 21.7 Å². The molecule has 0 saturated heterocycles. The number of hydrogen-bond acceptors (Lipinski definition) is 5. The van der Waals surface area contributed by atoms with Crippen LogP contribution >= 0.6 is 0 Å². The van der Waals surface area contributed by atoms with E-state index in [-0.39, 0.29) is 16.3 Å². The zero-order chi connectivity index (χ0) is 17.7. The molecule has 0 atom stereocenters. The summed E-state index contributed by atoms with van der Waals surface area (Å²) in [5.41, 5.74) is 0.953. The number of esters is 1. The molecule has 0 saturated carbocycles. The minimum atomic E-state index is -3.94. The molecule has 0 unspecified atom stereocenters. The summed E-state index contributed by atoms with van der Waals surface area (Å²) in [4.78, 5) is 11.7. The Hall–Kier alpha value is -2.45. The molecule has 0 amide bonds. The Bertz CT molecular complexity index is 853. The van der Waals surface area contributed by atoms with E-state index in [0.717, 1.165) is 6.07 Å². The number of nitrogens with two attached hydrogens (primary N) is 1. The number of sulfonamides is 1. The molecule has 6 nitrogen and oxygen atoms in total. The van der Waals surface area contributed by atoms with Crippen LogP contribution in [0.5, 0.6) is 0 Å². The maximum Gasteiger partial charge on any atom is 0.340 e. The molecule has 2 rings (SSSR count). The number of methoxy groups -OCH3 is 1. The number of rotatable bonds is 6. The first-order valence-corrected chi connectivity index (χ1v) is 8.60. The molecule has 0 aliphatic rings. The van der Waals surface area contributed by atoms with Gasteiger partial charge in [0.05, 0.1) is 17.6 Å². The third kappa shape index (κ3) is 4.30. The van der Waals surface area contributed by atoms with Crippen molar-refractivity contribution in [2.45, 2.75) is 11.3 Å². The molecule has 3 N–H and O–H groups in total. The highest BCUT2D eigenvalue weighted by molar-refractivity contribution is 7.89. The third-order valence-electron chi connectivity index (χ3n) is 3.39. The number of carbonyl (C=O) groups excluding carboxylic acids is 1. The van der Waals surface area contributed by atoms with E-state index in [1.165, 1.54) is 25.3 Å². The lowest BCUT2D eigenvalue weighted by molar-refractivity contribution is 0.0601. The van der Waals surface area contributed by atoms with E-state index in [9.17, 15) is 17.6 Å². The molecular formula is C16H17FN2O4S. The van der Waals surface area contributed by atoms with E-state index < -0.39 is 16.0 Å². The zero-order valence-electron chi connectivity index (χ0n) is 13.0. The molecule has 24 heavy (non-hydrogen) atoms. The minimum Gasteiger partial charge on any atom is -0.465 e. The first kappa shape index (κ1) is 17.9. The summed E-state index contributed by atoms with van der Waals surface area (Å²) in [7, 11) is -2.75. The van der Waals surface area contributed by atoms with Crippen LogP contribution in [-0.2, 0) is 21.2 Å². The SMILES string of the molecule is COC(=O)c1cc(S(N)(=O)=O)ccc1NCCc1ccccc1F. The van der Waals surface area contributed by atoms with E-state index >= 15 is 0 Å². The van der Waals surface area contributed by atoms with Crippen molar-refractivity contribution in [3.63, 3.8) is 0 Å². The van der Waals surface area contributed by atoms with Crippen molar-refractivity contribution in [3.8, 4) is 0 Å². The Morgan fingerprint density at radius 3 is 2.58 bits per heavy atom. The van der Waals surface area contributed by atoms with Crippen molar-refractivity contribution in [1.29, 1.82) is 0 Å². The third-order valence-corrected chi connectivity index (χ3v) is 4.30. The maximum atomic E-state index is 13.6. The lowest BCUT2D eigenvalue weighted by atomic mass is 10.1. The van der Waals surface area contributed by atoms with Crippen LogP contribution in [0.25, 0.3) is 0 Å². The van der Waals surface area contributed by atoms with Gasteiger partial charge in [-0.2, -0.15) is 0 Å². The van der Waals surface area contributed by atoms with Gasteiger partial charge in [-0.3, -0.25) is 0 Å². The largest absolute Gasteiger partial charge is 0.465 e. The molecule has 0 aliphatic heterocycles. The summed E-state index contributed by atoms with van der Waals surface area (Å²) in [6, 6.07) is 10.2. The number of anilines is 1. The number of primary sulfonamides is 1. The molecule has 2 aromatic rings. The van der Waals surface area contributed by atoms with Gasteiger partial charge in [0.1, 0.15) is 5.82 Å². The summed E-state index contributed by atoms with van der Waals surface area (Å²) < 4.78 is 41.0. The smallest absolute Gasteiger partial charge is 0.340 e. The zero-order valence-corrected chi connectivity index (χ0v) is 13.8. The molecule has 0 bridgehead atoms. The monoisotopic (exact) mass is 352 g/mol. The normalized spacial score (nSPS) is 11.1. The van der Waals surface area contributed by atoms with Crippen molar-refractivity contribution in [3.05, 3.63) is 59.4 Å². The van der Waals surface area contributed by atoms with E-state index in [2.05, 4.69) is 10.1 Å². The van der Waals surface area contributed by atoms with Crippen LogP contribution in [0.4, 0.5) is 10.1 Å². The highest BCUT2D eigenvalue weighted by atomic mass is 32.2. The molecule has 0 aliphatic carbocycles. The number of hydrogen-bond donors (Lipinski definition) is 2. The summed E-state index contributed by atoms with van der Waals surface area (Å²) in [6.45, 7) is 0.347. The Morgan fingerprint density at radius 1 is 1.25 bits per heavy atom. The molecule has 0 heterocycles. The second-order valence-electron chi connectivity index (χ2n) is 5.01. The van der Waals surface area contributed by atoms with Crippen LogP contribution in [-0.4, -0.2) is 28.0 Å². The molecule has 8 heteroatoms. The van der Waals surface area contributed by atoms with Gasteiger partial charge in [-0.05, 0) is 36.2 Å². The highest BCUT2D eigenvalue weighted by Crippen LogP contribution is 2.21. The molecule has 0 spiro atoms. The Morgan fingerprint density at radius 2 is 1.96 bits per heavy atom. The lowest BCUT2D eigenvalue weighted by Gasteiger charge is -2.12. The van der Waals surface area contributed by atoms with E-state index in [0.29, 0.717) is 24.2 Å². The number of ether oxygens (including phenoxy) is 1. The molecule has 128 valence electrons. The van der Waals surface area contributed by atoms with Crippen LogP contribution in [0.3, 0.4) is 0 Å². The topological polar surface area (TPSA) is 98.5 Å². The summed E-state index contributed by atoms with van der Waals surface area (Å²) >= 11 is 0. The van der Waals surface area contributed by atoms with Crippen LogP contribution in [0.15, 0.2) is 47.4 Å². The van der Waals surface area contributed by atoms with Gasteiger partial charge in [0.2, 0.25) is 10.0 Å². The number of nitrogens with one attached hydrogen (secondary N) is 1. The first-order valence-electron chi connectivity index (χ1n) is 7.05. The Labute approximate surface area is 139 Å². The fourth-order valence-electron chi connectivity index (χ4n) is 2.17. The van der Waals surface area contributed by atoms with Gasteiger partial charge in [-0.15, -0.1) is 0 Å². The first-order chi connectivity index (χ1) is 11.3. The van der Waals surface area contributed by atoms with Gasteiger partial charge in [0.25, 0.3) is 0 Å². The average Bonchev–Trinajstić information content (AvgIpc) is 2.55. The maximum absolute atomic E-state index is 13.6. The lowest BCUT2D eigenvalue weighted by Crippen LogP contribution is -2.15. The molecule has 2 aromatic carbocycles. The van der Waals surface area contributed by atoms with Crippen molar-refractivity contribution < 1.29 is 22.3 Å². The quantitative estimate of drug-likeness (QED) is 0.774. The summed E-state index contributed by atoms with van der Waals surface area (Å²) in [5.74, 6) is -1.01. The van der Waals surface area contributed by atoms with E-state index in [1.807, 2.05) is 0 Å². The van der Waals surface area contributed by atoms with E-state index in [4.69, 9.17) is 5.14 Å². The number of benzene rings is 2. The molecule has 0 fully saturated rings. The van der Waals surface area contributed by atoms with Crippen LogP contribution in [0, 0.1) is 5.82 Å². The van der Waals surface area contributed by atoms with Gasteiger partial charge in [-0.1, -0.05) is 18.2 Å². The van der Waals surface area contributed by atoms with Gasteiger partial charge >= 0.3 is 5.97 Å². The van der Waals surface area contributed by atoms with Gasteiger partial charge in [0, 0.05) is 12.2 Å². The Balaban J connectivity index is 2.20.